The molecule has 1 heterocycles. The Kier molecular flexibility index (Phi) is 4.76. The molecular weight excluding hydrogens is 403 g/mol. The fourth-order valence-corrected chi connectivity index (χ4v) is 3.04. The summed E-state index contributed by atoms with van der Waals surface area (Å²) < 4.78 is 3.41. The van der Waals surface area contributed by atoms with Gasteiger partial charge in [0.05, 0.1) is 16.7 Å². The van der Waals surface area contributed by atoms with Gasteiger partial charge in [0.25, 0.3) is 5.56 Å². The van der Waals surface area contributed by atoms with E-state index in [2.05, 4.69) is 0 Å². The predicted molar refractivity (Wildman–Crippen MR) is 98.8 cm³/mol. The van der Waals surface area contributed by atoms with Crippen molar-refractivity contribution in [2.75, 3.05) is 0 Å². The van der Waals surface area contributed by atoms with Crippen molar-refractivity contribution in [2.24, 2.45) is 0 Å². The zero-order valence-corrected chi connectivity index (χ0v) is 14.5. The van der Waals surface area contributed by atoms with Crippen LogP contribution >= 0.6 is 22.6 Å². The zero-order chi connectivity index (χ0) is 16.2. The fourth-order valence-electron chi connectivity index (χ4n) is 2.42. The van der Waals surface area contributed by atoms with Crippen molar-refractivity contribution in [1.29, 1.82) is 0 Å². The predicted octanol–water partition coefficient (Wildman–Crippen LogP) is 2.71. The lowest BCUT2D eigenvalue weighted by Gasteiger charge is -2.11. The Morgan fingerprint density at radius 3 is 1.87 bits per heavy atom. The first kappa shape index (κ1) is 15.7. The van der Waals surface area contributed by atoms with E-state index in [1.54, 1.807) is 10.8 Å². The first-order valence-electron chi connectivity index (χ1n) is 7.23. The summed E-state index contributed by atoms with van der Waals surface area (Å²) in [6, 6.07) is 19.3. The van der Waals surface area contributed by atoms with Crippen LogP contribution in [0.1, 0.15) is 11.1 Å². The lowest BCUT2D eigenvalue weighted by molar-refractivity contribution is 0.607. The third kappa shape index (κ3) is 3.61. The monoisotopic (exact) mass is 418 g/mol. The Morgan fingerprint density at radius 2 is 1.30 bits per heavy atom. The largest absolute Gasteiger partial charge is 0.331 e. The maximum absolute atomic E-state index is 12.7. The van der Waals surface area contributed by atoms with Crippen LogP contribution in [0.5, 0.6) is 0 Å². The summed E-state index contributed by atoms with van der Waals surface area (Å²) in [6.45, 7) is 0.731. The van der Waals surface area contributed by atoms with Gasteiger partial charge in [0.1, 0.15) is 0 Å². The Balaban J connectivity index is 2.03. The summed E-state index contributed by atoms with van der Waals surface area (Å²) >= 11 is 1.98. The molecule has 3 aromatic rings. The minimum absolute atomic E-state index is 0.247. The Labute approximate surface area is 147 Å². The van der Waals surface area contributed by atoms with Crippen molar-refractivity contribution in [3.8, 4) is 0 Å². The van der Waals surface area contributed by atoms with Gasteiger partial charge in [0.15, 0.2) is 0 Å². The molecule has 0 aliphatic heterocycles. The zero-order valence-electron chi connectivity index (χ0n) is 12.4. The SMILES string of the molecule is O=c1c(I)cn(Cc2ccccc2)c(=O)n1Cc1ccccc1. The number of rotatable bonds is 4. The van der Waals surface area contributed by atoms with Crippen molar-refractivity contribution in [3.63, 3.8) is 0 Å². The molecule has 3 rings (SSSR count). The Bertz CT molecular complexity index is 915. The molecular formula is C18H15IN2O2. The average molecular weight is 418 g/mol. The maximum atomic E-state index is 12.7. The molecule has 0 bridgehead atoms. The van der Waals surface area contributed by atoms with E-state index in [-0.39, 0.29) is 17.8 Å². The number of aromatic nitrogens is 2. The van der Waals surface area contributed by atoms with Gasteiger partial charge in [0, 0.05) is 6.20 Å². The highest BCUT2D eigenvalue weighted by molar-refractivity contribution is 14.1. The van der Waals surface area contributed by atoms with E-state index in [1.807, 2.05) is 83.3 Å². The van der Waals surface area contributed by atoms with E-state index >= 15 is 0 Å². The van der Waals surface area contributed by atoms with Gasteiger partial charge in [-0.05, 0) is 33.7 Å². The van der Waals surface area contributed by atoms with Crippen LogP contribution in [0.3, 0.4) is 0 Å². The Morgan fingerprint density at radius 1 is 0.783 bits per heavy atom. The molecule has 0 fully saturated rings. The van der Waals surface area contributed by atoms with Crippen molar-refractivity contribution in [2.45, 2.75) is 13.1 Å². The lowest BCUT2D eigenvalue weighted by Crippen LogP contribution is -2.41. The third-order valence-corrected chi connectivity index (χ3v) is 4.31. The molecule has 0 aliphatic carbocycles. The fraction of sp³-hybridized carbons (Fsp3) is 0.111. The highest BCUT2D eigenvalue weighted by Crippen LogP contribution is 2.04. The molecule has 1 aromatic heterocycles. The van der Waals surface area contributed by atoms with E-state index in [4.69, 9.17) is 0 Å². The van der Waals surface area contributed by atoms with Crippen LogP contribution in [-0.2, 0) is 13.1 Å². The van der Waals surface area contributed by atoms with E-state index in [0.717, 1.165) is 11.1 Å². The molecule has 116 valence electrons. The van der Waals surface area contributed by atoms with E-state index in [9.17, 15) is 9.59 Å². The first-order chi connectivity index (χ1) is 11.1. The van der Waals surface area contributed by atoms with Crippen LogP contribution in [-0.4, -0.2) is 9.13 Å². The van der Waals surface area contributed by atoms with E-state index < -0.39 is 0 Å². The van der Waals surface area contributed by atoms with Gasteiger partial charge in [-0.25, -0.2) is 4.79 Å². The van der Waals surface area contributed by atoms with Gasteiger partial charge in [-0.3, -0.25) is 13.9 Å². The summed E-state index contributed by atoms with van der Waals surface area (Å²) in [6.07, 6.45) is 1.62. The smallest absolute Gasteiger partial charge is 0.295 e. The molecule has 0 saturated heterocycles. The second-order valence-corrected chi connectivity index (χ2v) is 6.41. The second-order valence-electron chi connectivity index (χ2n) is 5.25. The quantitative estimate of drug-likeness (QED) is 0.612. The second kappa shape index (κ2) is 6.95. The van der Waals surface area contributed by atoms with Crippen LogP contribution in [0.2, 0.25) is 0 Å². The molecule has 0 spiro atoms. The summed E-state index contributed by atoms with van der Waals surface area (Å²) in [5.41, 5.74) is 1.42. The van der Waals surface area contributed by atoms with Crippen molar-refractivity contribution >= 4 is 22.6 Å². The maximum Gasteiger partial charge on any atom is 0.331 e. The molecule has 0 N–H and O–H groups in total. The molecule has 0 unspecified atom stereocenters. The molecule has 0 aliphatic rings. The summed E-state index contributed by atoms with van der Waals surface area (Å²) in [7, 11) is 0. The van der Waals surface area contributed by atoms with Crippen LogP contribution < -0.4 is 11.2 Å². The number of nitrogens with zero attached hydrogens (tertiary/aromatic N) is 2. The number of hydrogen-bond acceptors (Lipinski definition) is 2. The number of halogens is 1. The molecule has 0 amide bonds. The molecule has 4 nitrogen and oxygen atoms in total. The minimum Gasteiger partial charge on any atom is -0.295 e. The van der Waals surface area contributed by atoms with Gasteiger partial charge in [-0.1, -0.05) is 60.7 Å². The first-order valence-corrected chi connectivity index (χ1v) is 8.30. The molecule has 0 atom stereocenters. The average Bonchev–Trinajstić information content (AvgIpc) is 2.58. The Hall–Kier alpha value is -2.15. The highest BCUT2D eigenvalue weighted by atomic mass is 127. The van der Waals surface area contributed by atoms with Gasteiger partial charge in [-0.2, -0.15) is 0 Å². The van der Waals surface area contributed by atoms with Gasteiger partial charge >= 0.3 is 5.69 Å². The lowest BCUT2D eigenvalue weighted by atomic mass is 10.2. The third-order valence-electron chi connectivity index (χ3n) is 3.57. The standard InChI is InChI=1S/C18H15IN2O2/c19-16-13-20(11-14-7-3-1-4-8-14)18(23)21(17(16)22)12-15-9-5-2-6-10-15/h1-10,13H,11-12H2. The van der Waals surface area contributed by atoms with E-state index in [1.165, 1.54) is 4.57 Å². The molecule has 2 aromatic carbocycles. The van der Waals surface area contributed by atoms with Crippen molar-refractivity contribution in [3.05, 3.63) is 102 Å². The highest BCUT2D eigenvalue weighted by Gasteiger charge is 2.10. The van der Waals surface area contributed by atoms with Crippen LogP contribution in [0.4, 0.5) is 0 Å². The van der Waals surface area contributed by atoms with Crippen LogP contribution in [0.15, 0.2) is 76.4 Å². The molecule has 0 saturated carbocycles. The molecule has 0 radical (unpaired) electrons. The van der Waals surface area contributed by atoms with E-state index in [0.29, 0.717) is 10.1 Å². The molecule has 5 heteroatoms. The number of hydrogen-bond donors (Lipinski definition) is 0. The van der Waals surface area contributed by atoms with Crippen molar-refractivity contribution in [1.82, 2.24) is 9.13 Å². The summed E-state index contributed by atoms with van der Waals surface area (Å²) in [5, 5.41) is 0. The number of benzene rings is 2. The van der Waals surface area contributed by atoms with Gasteiger partial charge < -0.3 is 0 Å². The van der Waals surface area contributed by atoms with Gasteiger partial charge in [0.2, 0.25) is 0 Å². The molecule has 23 heavy (non-hydrogen) atoms. The van der Waals surface area contributed by atoms with Crippen LogP contribution in [0, 0.1) is 3.57 Å². The van der Waals surface area contributed by atoms with Crippen molar-refractivity contribution < 1.29 is 0 Å². The summed E-state index contributed by atoms with van der Waals surface area (Å²) in [4.78, 5) is 25.0. The van der Waals surface area contributed by atoms with Crippen LogP contribution in [0.25, 0.3) is 0 Å². The van der Waals surface area contributed by atoms with Gasteiger partial charge in [-0.15, -0.1) is 0 Å². The summed E-state index contributed by atoms with van der Waals surface area (Å²) in [5.74, 6) is 0. The normalized spacial score (nSPS) is 10.7. The minimum atomic E-state index is -0.289. The topological polar surface area (TPSA) is 44.0 Å².